The molecule has 0 radical (unpaired) electrons. The topological polar surface area (TPSA) is 78.4 Å². The highest BCUT2D eigenvalue weighted by Crippen LogP contribution is 2.25. The molecule has 6 nitrogen and oxygen atoms in total. The third-order valence-electron chi connectivity index (χ3n) is 3.37. The number of halogens is 1. The molecule has 3 N–H and O–H groups in total. The van der Waals surface area contributed by atoms with E-state index in [2.05, 4.69) is 25.9 Å². The zero-order valence-corrected chi connectivity index (χ0v) is 16.4. The van der Waals surface area contributed by atoms with Crippen molar-refractivity contribution in [2.24, 2.45) is 4.99 Å². The summed E-state index contributed by atoms with van der Waals surface area (Å²) in [5.41, 5.74) is 0.572. The molecule has 1 atom stereocenters. The Bertz CT molecular complexity index is 494. The number of carbonyl (C=O) groups is 1. The van der Waals surface area contributed by atoms with Crippen molar-refractivity contribution in [3.05, 3.63) is 30.1 Å². The second-order valence-electron chi connectivity index (χ2n) is 5.01. The molecule has 1 aromatic heterocycles. The number of aliphatic imine (C=N–C) groups is 1. The molecule has 1 unspecified atom stereocenters. The predicted octanol–water partition coefficient (Wildman–Crippen LogP) is 1.49. The van der Waals surface area contributed by atoms with Crippen molar-refractivity contribution in [3.8, 4) is 0 Å². The van der Waals surface area contributed by atoms with Crippen LogP contribution in [-0.2, 0) is 0 Å². The fourth-order valence-electron chi connectivity index (χ4n) is 2.19. The van der Waals surface area contributed by atoms with Gasteiger partial charge in [0.25, 0.3) is 5.91 Å². The number of carbonyl (C=O) groups excluding carboxylic acids is 1. The van der Waals surface area contributed by atoms with Crippen LogP contribution in [0, 0.1) is 0 Å². The summed E-state index contributed by atoms with van der Waals surface area (Å²) in [5, 5.41) is 10.1. The van der Waals surface area contributed by atoms with Crippen molar-refractivity contribution in [1.29, 1.82) is 0 Å². The maximum absolute atomic E-state index is 11.8. The zero-order chi connectivity index (χ0) is 15.6. The van der Waals surface area contributed by atoms with Crippen molar-refractivity contribution in [2.45, 2.75) is 18.1 Å². The molecule has 1 fully saturated rings. The molecule has 1 aliphatic heterocycles. The monoisotopic (exact) mass is 449 g/mol. The number of hydrogen-bond donors (Lipinski definition) is 3. The molecule has 2 heterocycles. The molecular weight excluding hydrogens is 425 g/mol. The van der Waals surface area contributed by atoms with Gasteiger partial charge >= 0.3 is 0 Å². The molecule has 8 heteroatoms. The Morgan fingerprint density at radius 1 is 1.39 bits per heavy atom. The van der Waals surface area contributed by atoms with Crippen LogP contribution in [0.2, 0.25) is 0 Å². The van der Waals surface area contributed by atoms with E-state index in [0.29, 0.717) is 23.9 Å². The van der Waals surface area contributed by atoms with Crippen LogP contribution in [0.3, 0.4) is 0 Å². The quantitative estimate of drug-likeness (QED) is 0.266. The van der Waals surface area contributed by atoms with Crippen molar-refractivity contribution in [1.82, 2.24) is 20.9 Å². The summed E-state index contributed by atoms with van der Waals surface area (Å²) < 4.78 is 0. The van der Waals surface area contributed by atoms with Crippen molar-refractivity contribution in [3.63, 3.8) is 0 Å². The first-order valence-electron chi connectivity index (χ1n) is 7.54. The van der Waals surface area contributed by atoms with Crippen LogP contribution in [0.1, 0.15) is 23.2 Å². The van der Waals surface area contributed by atoms with E-state index < -0.39 is 0 Å². The average Bonchev–Trinajstić information content (AvgIpc) is 3.08. The SMILES string of the molecule is CN=C(NCCNC(=O)c1cccnc1)NCC1CCCS1.I. The summed E-state index contributed by atoms with van der Waals surface area (Å²) in [4.78, 5) is 19.9. The van der Waals surface area contributed by atoms with Gasteiger partial charge in [-0.15, -0.1) is 24.0 Å². The minimum Gasteiger partial charge on any atom is -0.355 e. The van der Waals surface area contributed by atoms with Gasteiger partial charge in [0.1, 0.15) is 0 Å². The van der Waals surface area contributed by atoms with E-state index in [1.54, 1.807) is 31.6 Å². The van der Waals surface area contributed by atoms with Crippen LogP contribution in [-0.4, -0.2) is 54.5 Å². The fourth-order valence-corrected chi connectivity index (χ4v) is 3.39. The number of thioether (sulfide) groups is 1. The Morgan fingerprint density at radius 3 is 2.87 bits per heavy atom. The van der Waals surface area contributed by atoms with E-state index >= 15 is 0 Å². The number of guanidine groups is 1. The van der Waals surface area contributed by atoms with Crippen molar-refractivity contribution in [2.75, 3.05) is 32.4 Å². The van der Waals surface area contributed by atoms with Crippen LogP contribution in [0.4, 0.5) is 0 Å². The first kappa shape index (κ1) is 20.0. The number of hydrogen-bond acceptors (Lipinski definition) is 4. The van der Waals surface area contributed by atoms with Gasteiger partial charge in [-0.25, -0.2) is 0 Å². The van der Waals surface area contributed by atoms with Gasteiger partial charge in [-0.1, -0.05) is 0 Å². The van der Waals surface area contributed by atoms with E-state index in [-0.39, 0.29) is 29.9 Å². The van der Waals surface area contributed by atoms with Crippen molar-refractivity contribution >= 4 is 47.6 Å². The summed E-state index contributed by atoms with van der Waals surface area (Å²) in [6, 6.07) is 3.50. The lowest BCUT2D eigenvalue weighted by Gasteiger charge is -2.15. The Kier molecular flexibility index (Phi) is 10.0. The molecule has 128 valence electrons. The van der Waals surface area contributed by atoms with E-state index in [1.807, 2.05) is 11.8 Å². The number of aromatic nitrogens is 1. The summed E-state index contributed by atoms with van der Waals surface area (Å²) in [6.45, 7) is 2.10. The highest BCUT2D eigenvalue weighted by atomic mass is 127. The lowest BCUT2D eigenvalue weighted by molar-refractivity contribution is 0.0954. The third-order valence-corrected chi connectivity index (χ3v) is 4.77. The number of rotatable bonds is 6. The number of pyridine rings is 1. The van der Waals surface area contributed by atoms with Gasteiger partial charge in [0.15, 0.2) is 5.96 Å². The van der Waals surface area contributed by atoms with Crippen LogP contribution in [0.5, 0.6) is 0 Å². The van der Waals surface area contributed by atoms with E-state index in [1.165, 1.54) is 18.6 Å². The van der Waals surface area contributed by atoms with Crippen LogP contribution in [0.25, 0.3) is 0 Å². The summed E-state index contributed by atoms with van der Waals surface area (Å²) >= 11 is 2.02. The summed E-state index contributed by atoms with van der Waals surface area (Å²) in [7, 11) is 1.76. The van der Waals surface area contributed by atoms with Crippen LogP contribution in [0.15, 0.2) is 29.5 Å². The third kappa shape index (κ3) is 7.38. The zero-order valence-electron chi connectivity index (χ0n) is 13.2. The molecule has 0 bridgehead atoms. The van der Waals surface area contributed by atoms with Gasteiger partial charge in [-0.05, 0) is 30.7 Å². The van der Waals surface area contributed by atoms with E-state index in [9.17, 15) is 4.79 Å². The molecule has 0 spiro atoms. The maximum atomic E-state index is 11.8. The highest BCUT2D eigenvalue weighted by Gasteiger charge is 2.15. The minimum atomic E-state index is -0.111. The second kappa shape index (κ2) is 11.5. The van der Waals surface area contributed by atoms with Gasteiger partial charge in [0.2, 0.25) is 0 Å². The van der Waals surface area contributed by atoms with Crippen LogP contribution < -0.4 is 16.0 Å². The standard InChI is InChI=1S/C15H23N5OS.HI/c1-16-15(20-11-13-5-3-9-22-13)19-8-7-18-14(21)12-4-2-6-17-10-12;/h2,4,6,10,13H,3,5,7-9,11H2,1H3,(H,18,21)(H2,16,19,20);1H. The van der Waals surface area contributed by atoms with Crippen molar-refractivity contribution < 1.29 is 4.79 Å². The summed E-state index contributed by atoms with van der Waals surface area (Å²) in [5.74, 6) is 1.93. The molecule has 0 aromatic carbocycles. The van der Waals surface area contributed by atoms with Crippen LogP contribution >= 0.6 is 35.7 Å². The Morgan fingerprint density at radius 2 is 2.22 bits per heavy atom. The fraction of sp³-hybridized carbons (Fsp3) is 0.533. The molecule has 1 amide bonds. The van der Waals surface area contributed by atoms with Gasteiger partial charge in [0.05, 0.1) is 5.56 Å². The molecule has 23 heavy (non-hydrogen) atoms. The van der Waals surface area contributed by atoms with E-state index in [4.69, 9.17) is 0 Å². The predicted molar refractivity (Wildman–Crippen MR) is 107 cm³/mol. The smallest absolute Gasteiger partial charge is 0.252 e. The molecule has 0 saturated carbocycles. The normalized spacial score (nSPS) is 17.3. The Labute approximate surface area is 158 Å². The first-order valence-corrected chi connectivity index (χ1v) is 8.59. The average molecular weight is 449 g/mol. The van der Waals surface area contributed by atoms with Gasteiger partial charge in [-0.2, -0.15) is 11.8 Å². The molecule has 2 rings (SSSR count). The molecular formula is C15H24IN5OS. The van der Waals surface area contributed by atoms with Gasteiger partial charge in [0, 0.05) is 44.3 Å². The lowest BCUT2D eigenvalue weighted by Crippen LogP contribution is -2.43. The molecule has 1 aliphatic rings. The second-order valence-corrected chi connectivity index (χ2v) is 6.42. The van der Waals surface area contributed by atoms with E-state index in [0.717, 1.165) is 12.5 Å². The van der Waals surface area contributed by atoms with Gasteiger partial charge in [-0.3, -0.25) is 14.8 Å². The highest BCUT2D eigenvalue weighted by molar-refractivity contribution is 14.0. The Balaban J connectivity index is 0.00000264. The summed E-state index contributed by atoms with van der Waals surface area (Å²) in [6.07, 6.45) is 5.79. The number of nitrogens with zero attached hydrogens (tertiary/aromatic N) is 2. The first-order chi connectivity index (χ1) is 10.8. The molecule has 0 aliphatic carbocycles. The largest absolute Gasteiger partial charge is 0.355 e. The number of nitrogens with one attached hydrogen (secondary N) is 3. The minimum absolute atomic E-state index is 0. The van der Waals surface area contributed by atoms with Gasteiger partial charge < -0.3 is 16.0 Å². The Hall–Kier alpha value is -1.03. The number of amides is 1. The maximum Gasteiger partial charge on any atom is 0.252 e. The lowest BCUT2D eigenvalue weighted by atomic mass is 10.2. The molecule has 1 saturated heterocycles. The molecule has 1 aromatic rings.